The second-order valence-electron chi connectivity index (χ2n) is 3.21. The van der Waals surface area contributed by atoms with Crippen molar-refractivity contribution in [2.75, 3.05) is 13.1 Å². The van der Waals surface area contributed by atoms with Gasteiger partial charge in [0.05, 0.1) is 6.10 Å². The van der Waals surface area contributed by atoms with Crippen molar-refractivity contribution >= 4 is 11.3 Å². The molecule has 0 saturated carbocycles. The van der Waals surface area contributed by atoms with Gasteiger partial charge in [-0.25, -0.2) is 0 Å². The van der Waals surface area contributed by atoms with Crippen molar-refractivity contribution < 1.29 is 5.11 Å². The molecule has 2 unspecified atom stereocenters. The van der Waals surface area contributed by atoms with Crippen molar-refractivity contribution in [1.29, 1.82) is 0 Å². The van der Waals surface area contributed by atoms with Crippen LogP contribution in [-0.2, 0) is 0 Å². The van der Waals surface area contributed by atoms with E-state index in [4.69, 9.17) is 0 Å². The van der Waals surface area contributed by atoms with Crippen molar-refractivity contribution in [3.05, 3.63) is 22.4 Å². The van der Waals surface area contributed by atoms with E-state index in [1.165, 1.54) is 0 Å². The van der Waals surface area contributed by atoms with Gasteiger partial charge in [0.15, 0.2) is 0 Å². The molecule has 1 aromatic rings. The van der Waals surface area contributed by atoms with E-state index in [0.717, 1.165) is 24.4 Å². The zero-order valence-electron chi connectivity index (χ0n) is 6.86. The molecule has 1 aliphatic heterocycles. The van der Waals surface area contributed by atoms with Crippen LogP contribution in [0.1, 0.15) is 17.4 Å². The van der Waals surface area contributed by atoms with Gasteiger partial charge in [-0.05, 0) is 24.4 Å². The monoisotopic (exact) mass is 183 g/mol. The zero-order valence-corrected chi connectivity index (χ0v) is 7.68. The highest BCUT2D eigenvalue weighted by Crippen LogP contribution is 2.29. The van der Waals surface area contributed by atoms with Crippen LogP contribution in [0, 0.1) is 5.92 Å². The second-order valence-corrected chi connectivity index (χ2v) is 4.19. The first-order valence-corrected chi connectivity index (χ1v) is 5.18. The standard InChI is InChI=1S/C9H13NOS/c11-9(7-3-4-10-6-7)8-2-1-5-12-8/h1-2,5,7,9-11H,3-4,6H2. The highest BCUT2D eigenvalue weighted by atomic mass is 32.1. The molecule has 1 saturated heterocycles. The molecule has 1 fully saturated rings. The number of hydrogen-bond donors (Lipinski definition) is 2. The molecule has 2 nitrogen and oxygen atoms in total. The maximum absolute atomic E-state index is 9.88. The molecule has 0 aliphatic carbocycles. The summed E-state index contributed by atoms with van der Waals surface area (Å²) in [6.45, 7) is 2.01. The molecule has 2 atom stereocenters. The maximum Gasteiger partial charge on any atom is 0.0922 e. The molecule has 0 amide bonds. The van der Waals surface area contributed by atoms with Crippen molar-refractivity contribution in [1.82, 2.24) is 5.32 Å². The Morgan fingerprint density at radius 2 is 2.58 bits per heavy atom. The van der Waals surface area contributed by atoms with Gasteiger partial charge in [0.25, 0.3) is 0 Å². The van der Waals surface area contributed by atoms with Gasteiger partial charge in [0.1, 0.15) is 0 Å². The number of rotatable bonds is 2. The molecule has 66 valence electrons. The van der Waals surface area contributed by atoms with E-state index >= 15 is 0 Å². The Hall–Kier alpha value is -0.380. The summed E-state index contributed by atoms with van der Waals surface area (Å²) in [4.78, 5) is 1.10. The molecule has 12 heavy (non-hydrogen) atoms. The number of aliphatic hydroxyl groups is 1. The van der Waals surface area contributed by atoms with Crippen LogP contribution in [0.2, 0.25) is 0 Å². The lowest BCUT2D eigenvalue weighted by atomic mass is 10.0. The average molecular weight is 183 g/mol. The number of hydrogen-bond acceptors (Lipinski definition) is 3. The predicted molar refractivity (Wildman–Crippen MR) is 50.3 cm³/mol. The molecule has 1 aliphatic rings. The van der Waals surface area contributed by atoms with Crippen LogP contribution < -0.4 is 5.32 Å². The number of aliphatic hydroxyl groups excluding tert-OH is 1. The first-order valence-electron chi connectivity index (χ1n) is 4.30. The zero-order chi connectivity index (χ0) is 8.39. The summed E-state index contributed by atoms with van der Waals surface area (Å²) in [6.07, 6.45) is 0.846. The van der Waals surface area contributed by atoms with E-state index in [0.29, 0.717) is 5.92 Å². The Morgan fingerprint density at radius 3 is 3.17 bits per heavy atom. The average Bonchev–Trinajstić information content (AvgIpc) is 2.77. The van der Waals surface area contributed by atoms with Gasteiger partial charge in [-0.15, -0.1) is 11.3 Å². The van der Waals surface area contributed by atoms with E-state index in [9.17, 15) is 5.11 Å². The quantitative estimate of drug-likeness (QED) is 0.726. The number of thiophene rings is 1. The fourth-order valence-electron chi connectivity index (χ4n) is 1.64. The SMILES string of the molecule is OC(c1cccs1)C1CCNC1. The summed E-state index contributed by atoms with van der Waals surface area (Å²) in [5, 5.41) is 15.2. The molecule has 0 radical (unpaired) electrons. The minimum atomic E-state index is -0.250. The van der Waals surface area contributed by atoms with Crippen LogP contribution in [0.5, 0.6) is 0 Å². The minimum absolute atomic E-state index is 0.250. The summed E-state index contributed by atoms with van der Waals surface area (Å²) < 4.78 is 0. The summed E-state index contributed by atoms with van der Waals surface area (Å²) in [5.41, 5.74) is 0. The van der Waals surface area contributed by atoms with Crippen molar-refractivity contribution in [2.45, 2.75) is 12.5 Å². The highest BCUT2D eigenvalue weighted by molar-refractivity contribution is 7.10. The fourth-order valence-corrected chi connectivity index (χ4v) is 2.44. The van der Waals surface area contributed by atoms with Gasteiger partial charge in [0.2, 0.25) is 0 Å². The summed E-state index contributed by atoms with van der Waals surface area (Å²) in [7, 11) is 0. The fraction of sp³-hybridized carbons (Fsp3) is 0.556. The van der Waals surface area contributed by atoms with E-state index in [2.05, 4.69) is 5.32 Å². The molecule has 0 aromatic carbocycles. The Labute approximate surface area is 76.2 Å². The molecule has 0 bridgehead atoms. The van der Waals surface area contributed by atoms with Crippen LogP contribution in [0.4, 0.5) is 0 Å². The van der Waals surface area contributed by atoms with Crippen LogP contribution in [0.3, 0.4) is 0 Å². The largest absolute Gasteiger partial charge is 0.387 e. The van der Waals surface area contributed by atoms with Gasteiger partial charge >= 0.3 is 0 Å². The third kappa shape index (κ3) is 1.53. The van der Waals surface area contributed by atoms with E-state index in [-0.39, 0.29) is 6.10 Å². The van der Waals surface area contributed by atoms with Crippen molar-refractivity contribution in [2.24, 2.45) is 5.92 Å². The van der Waals surface area contributed by atoms with Crippen molar-refractivity contribution in [3.63, 3.8) is 0 Å². The smallest absolute Gasteiger partial charge is 0.0922 e. The molecule has 2 heterocycles. The molecule has 2 N–H and O–H groups in total. The first kappa shape index (κ1) is 8.23. The summed E-state index contributed by atoms with van der Waals surface area (Å²) >= 11 is 1.64. The van der Waals surface area contributed by atoms with Gasteiger partial charge in [-0.1, -0.05) is 6.07 Å². The molecule has 3 heteroatoms. The molecule has 2 rings (SSSR count). The molecular weight excluding hydrogens is 170 g/mol. The van der Waals surface area contributed by atoms with E-state index in [1.54, 1.807) is 11.3 Å². The molecule has 1 aromatic heterocycles. The van der Waals surface area contributed by atoms with Gasteiger partial charge < -0.3 is 10.4 Å². The summed E-state index contributed by atoms with van der Waals surface area (Å²) in [6, 6.07) is 4.00. The maximum atomic E-state index is 9.88. The van der Waals surface area contributed by atoms with E-state index < -0.39 is 0 Å². The Kier molecular flexibility index (Phi) is 2.44. The lowest BCUT2D eigenvalue weighted by Crippen LogP contribution is -2.15. The Balaban J connectivity index is 2.04. The lowest BCUT2D eigenvalue weighted by molar-refractivity contribution is 0.122. The first-order chi connectivity index (χ1) is 5.88. The normalized spacial score (nSPS) is 25.9. The van der Waals surface area contributed by atoms with E-state index in [1.807, 2.05) is 17.5 Å². The van der Waals surface area contributed by atoms with Crippen LogP contribution in [0.15, 0.2) is 17.5 Å². The molecule has 0 spiro atoms. The predicted octanol–water partition coefficient (Wildman–Crippen LogP) is 1.39. The highest BCUT2D eigenvalue weighted by Gasteiger charge is 2.24. The van der Waals surface area contributed by atoms with Crippen LogP contribution in [-0.4, -0.2) is 18.2 Å². The lowest BCUT2D eigenvalue weighted by Gasteiger charge is -2.14. The van der Waals surface area contributed by atoms with Gasteiger partial charge in [-0.3, -0.25) is 0 Å². The summed E-state index contributed by atoms with van der Waals surface area (Å²) in [5.74, 6) is 0.420. The third-order valence-corrected chi connectivity index (χ3v) is 3.32. The van der Waals surface area contributed by atoms with Crippen LogP contribution in [0.25, 0.3) is 0 Å². The topological polar surface area (TPSA) is 32.3 Å². The Bertz CT molecular complexity index is 229. The number of nitrogens with one attached hydrogen (secondary N) is 1. The van der Waals surface area contributed by atoms with Gasteiger partial charge in [0, 0.05) is 17.3 Å². The third-order valence-electron chi connectivity index (χ3n) is 2.38. The molecular formula is C9H13NOS. The van der Waals surface area contributed by atoms with Crippen molar-refractivity contribution in [3.8, 4) is 0 Å². The van der Waals surface area contributed by atoms with Gasteiger partial charge in [-0.2, -0.15) is 0 Å². The second kappa shape index (κ2) is 3.56. The minimum Gasteiger partial charge on any atom is -0.387 e. The Morgan fingerprint density at radius 1 is 1.67 bits per heavy atom. The van der Waals surface area contributed by atoms with Crippen LogP contribution >= 0.6 is 11.3 Å².